The molecule has 4 rings (SSSR count). The Morgan fingerprint density at radius 3 is 2.52 bits per heavy atom. The van der Waals surface area contributed by atoms with Crippen molar-refractivity contribution in [3.8, 4) is 0 Å². The standard InChI is InChI=1S/C27H33N3O3/c1-17(2)25(20-11-9-19(10-12-20)18-7-5-4-6-8-18)28-16-24-29-23-15-21(27(32)33-3)13-14-22(23)26(31)30-24/h9-15,17-18,25,28H,4-8,16H2,1-3H3,(H,29,30,31)/t25-/m1/s1. The topological polar surface area (TPSA) is 84.1 Å². The molecular weight excluding hydrogens is 414 g/mol. The average Bonchev–Trinajstić information content (AvgIpc) is 2.84. The number of fused-ring (bicyclic) bond motifs is 1. The van der Waals surface area contributed by atoms with Gasteiger partial charge < -0.3 is 15.0 Å². The maximum atomic E-state index is 12.5. The van der Waals surface area contributed by atoms with Crippen LogP contribution in [-0.2, 0) is 11.3 Å². The molecule has 1 fully saturated rings. The van der Waals surface area contributed by atoms with Gasteiger partial charge in [-0.1, -0.05) is 57.4 Å². The van der Waals surface area contributed by atoms with E-state index in [0.717, 1.165) is 0 Å². The minimum atomic E-state index is -0.449. The zero-order valence-electron chi connectivity index (χ0n) is 19.7. The number of rotatable bonds is 7. The third-order valence-electron chi connectivity index (χ3n) is 6.70. The van der Waals surface area contributed by atoms with Crippen molar-refractivity contribution in [2.75, 3.05) is 7.11 Å². The Kier molecular flexibility index (Phi) is 7.23. The third kappa shape index (κ3) is 5.33. The van der Waals surface area contributed by atoms with E-state index in [0.29, 0.717) is 40.7 Å². The van der Waals surface area contributed by atoms with Crippen LogP contribution in [0, 0.1) is 5.92 Å². The van der Waals surface area contributed by atoms with Crippen molar-refractivity contribution in [3.63, 3.8) is 0 Å². The zero-order chi connectivity index (χ0) is 23.4. The maximum Gasteiger partial charge on any atom is 0.337 e. The van der Waals surface area contributed by atoms with E-state index in [-0.39, 0.29) is 11.6 Å². The van der Waals surface area contributed by atoms with Gasteiger partial charge in [-0.3, -0.25) is 4.79 Å². The predicted octanol–water partition coefficient (Wildman–Crippen LogP) is 5.24. The van der Waals surface area contributed by atoms with Gasteiger partial charge in [-0.05, 0) is 54.0 Å². The van der Waals surface area contributed by atoms with E-state index in [1.165, 1.54) is 50.3 Å². The number of hydrogen-bond donors (Lipinski definition) is 2. The molecule has 1 aliphatic carbocycles. The van der Waals surface area contributed by atoms with Gasteiger partial charge in [0, 0.05) is 6.04 Å². The fourth-order valence-electron chi connectivity index (χ4n) is 4.87. The molecule has 0 bridgehead atoms. The highest BCUT2D eigenvalue weighted by Crippen LogP contribution is 2.33. The number of ether oxygens (including phenoxy) is 1. The van der Waals surface area contributed by atoms with E-state index in [2.05, 4.69) is 53.4 Å². The molecule has 1 heterocycles. The third-order valence-corrected chi connectivity index (χ3v) is 6.70. The maximum absolute atomic E-state index is 12.5. The molecule has 6 nitrogen and oxygen atoms in total. The van der Waals surface area contributed by atoms with Gasteiger partial charge in [-0.25, -0.2) is 9.78 Å². The molecular formula is C27H33N3O3. The Morgan fingerprint density at radius 2 is 1.85 bits per heavy atom. The first-order chi connectivity index (χ1) is 16.0. The lowest BCUT2D eigenvalue weighted by atomic mass is 9.83. The molecule has 1 saturated carbocycles. The molecule has 2 N–H and O–H groups in total. The van der Waals surface area contributed by atoms with Crippen LogP contribution in [0.4, 0.5) is 0 Å². The Balaban J connectivity index is 1.51. The summed E-state index contributed by atoms with van der Waals surface area (Å²) in [6.07, 6.45) is 6.62. The predicted molar refractivity (Wildman–Crippen MR) is 130 cm³/mol. The fourth-order valence-corrected chi connectivity index (χ4v) is 4.87. The highest BCUT2D eigenvalue weighted by Gasteiger charge is 2.19. The van der Waals surface area contributed by atoms with E-state index in [1.807, 2.05) is 0 Å². The lowest BCUT2D eigenvalue weighted by Gasteiger charge is -2.25. The van der Waals surface area contributed by atoms with Crippen LogP contribution in [0.3, 0.4) is 0 Å². The molecule has 1 aliphatic rings. The molecule has 0 saturated heterocycles. The second-order valence-electron chi connectivity index (χ2n) is 9.34. The highest BCUT2D eigenvalue weighted by molar-refractivity contribution is 5.93. The van der Waals surface area contributed by atoms with Crippen LogP contribution in [0.1, 0.15) is 85.2 Å². The zero-order valence-corrected chi connectivity index (χ0v) is 19.7. The molecule has 6 heteroatoms. The van der Waals surface area contributed by atoms with Crippen LogP contribution < -0.4 is 10.9 Å². The van der Waals surface area contributed by atoms with Gasteiger partial charge >= 0.3 is 5.97 Å². The van der Waals surface area contributed by atoms with E-state index in [9.17, 15) is 9.59 Å². The molecule has 0 spiro atoms. The normalized spacial score (nSPS) is 15.6. The van der Waals surface area contributed by atoms with Crippen LogP contribution in [0.25, 0.3) is 10.9 Å². The van der Waals surface area contributed by atoms with Crippen molar-refractivity contribution in [3.05, 3.63) is 75.3 Å². The number of methoxy groups -OCH3 is 1. The first-order valence-corrected chi connectivity index (χ1v) is 11.9. The Morgan fingerprint density at radius 1 is 1.12 bits per heavy atom. The van der Waals surface area contributed by atoms with Gasteiger partial charge in [0.25, 0.3) is 5.56 Å². The average molecular weight is 448 g/mol. The number of carbonyl (C=O) groups excluding carboxylic acids is 1. The number of benzene rings is 2. The largest absolute Gasteiger partial charge is 0.465 e. The lowest BCUT2D eigenvalue weighted by Crippen LogP contribution is -2.27. The lowest BCUT2D eigenvalue weighted by molar-refractivity contribution is 0.0601. The second kappa shape index (κ2) is 10.3. The molecule has 0 aliphatic heterocycles. The Hall–Kier alpha value is -2.99. The van der Waals surface area contributed by atoms with Crippen LogP contribution in [0.2, 0.25) is 0 Å². The number of esters is 1. The second-order valence-corrected chi connectivity index (χ2v) is 9.34. The van der Waals surface area contributed by atoms with Crippen LogP contribution in [0.15, 0.2) is 47.3 Å². The molecule has 33 heavy (non-hydrogen) atoms. The Bertz CT molecular complexity index is 1160. The van der Waals surface area contributed by atoms with Gasteiger partial charge in [-0.15, -0.1) is 0 Å². The van der Waals surface area contributed by atoms with Crippen LogP contribution >= 0.6 is 0 Å². The summed E-state index contributed by atoms with van der Waals surface area (Å²) in [6, 6.07) is 14.0. The monoisotopic (exact) mass is 447 g/mol. The summed E-state index contributed by atoms with van der Waals surface area (Å²) >= 11 is 0. The van der Waals surface area contributed by atoms with Gasteiger partial charge in [-0.2, -0.15) is 0 Å². The van der Waals surface area contributed by atoms with Crippen molar-refractivity contribution in [2.45, 2.75) is 64.5 Å². The van der Waals surface area contributed by atoms with Gasteiger partial charge in [0.15, 0.2) is 0 Å². The van der Waals surface area contributed by atoms with Crippen molar-refractivity contribution in [1.29, 1.82) is 0 Å². The minimum Gasteiger partial charge on any atom is -0.465 e. The number of aromatic amines is 1. The molecule has 3 aromatic rings. The van der Waals surface area contributed by atoms with Crippen molar-refractivity contribution < 1.29 is 9.53 Å². The van der Waals surface area contributed by atoms with Crippen molar-refractivity contribution in [1.82, 2.24) is 15.3 Å². The molecule has 1 atom stereocenters. The summed E-state index contributed by atoms with van der Waals surface area (Å²) < 4.78 is 4.78. The number of H-pyrrole nitrogens is 1. The molecule has 0 unspecified atom stereocenters. The van der Waals surface area contributed by atoms with E-state index in [4.69, 9.17) is 4.74 Å². The number of hydrogen-bond acceptors (Lipinski definition) is 5. The van der Waals surface area contributed by atoms with Gasteiger partial charge in [0.2, 0.25) is 0 Å². The SMILES string of the molecule is COC(=O)c1ccc2c(=O)[nH]c(CN[C@@H](c3ccc(C4CCCCC4)cc3)C(C)C)nc2c1. The fraction of sp³-hybridized carbons (Fsp3) is 0.444. The smallest absolute Gasteiger partial charge is 0.337 e. The van der Waals surface area contributed by atoms with E-state index < -0.39 is 5.97 Å². The summed E-state index contributed by atoms with van der Waals surface area (Å²) in [4.78, 5) is 31.9. The molecule has 0 radical (unpaired) electrons. The van der Waals surface area contributed by atoms with Crippen LogP contribution in [0.5, 0.6) is 0 Å². The molecule has 1 aromatic heterocycles. The number of carbonyl (C=O) groups is 1. The molecule has 0 amide bonds. The summed E-state index contributed by atoms with van der Waals surface area (Å²) in [6.45, 7) is 4.79. The first-order valence-electron chi connectivity index (χ1n) is 11.9. The number of nitrogens with one attached hydrogen (secondary N) is 2. The quantitative estimate of drug-likeness (QED) is 0.484. The summed E-state index contributed by atoms with van der Waals surface area (Å²) in [7, 11) is 1.33. The highest BCUT2D eigenvalue weighted by atomic mass is 16.5. The number of nitrogens with zero attached hydrogens (tertiary/aromatic N) is 1. The van der Waals surface area contributed by atoms with E-state index >= 15 is 0 Å². The van der Waals surface area contributed by atoms with Crippen molar-refractivity contribution >= 4 is 16.9 Å². The first kappa shape index (κ1) is 23.2. The summed E-state index contributed by atoms with van der Waals surface area (Å²) in [5.41, 5.74) is 3.33. The van der Waals surface area contributed by atoms with Gasteiger partial charge in [0.1, 0.15) is 5.82 Å². The number of aromatic nitrogens is 2. The van der Waals surface area contributed by atoms with Crippen molar-refractivity contribution in [2.24, 2.45) is 5.92 Å². The summed E-state index contributed by atoms with van der Waals surface area (Å²) in [5.74, 6) is 1.15. The van der Waals surface area contributed by atoms with E-state index in [1.54, 1.807) is 18.2 Å². The molecule has 2 aromatic carbocycles. The minimum absolute atomic E-state index is 0.132. The van der Waals surface area contributed by atoms with Gasteiger partial charge in [0.05, 0.1) is 30.1 Å². The van der Waals surface area contributed by atoms with Crippen LogP contribution in [-0.4, -0.2) is 23.0 Å². The Labute approximate surface area is 194 Å². The molecule has 174 valence electrons. The summed E-state index contributed by atoms with van der Waals surface area (Å²) in [5, 5.41) is 4.02.